The summed E-state index contributed by atoms with van der Waals surface area (Å²) in [5.74, 6) is -0.723. The molecule has 0 heterocycles. The second kappa shape index (κ2) is 8.00. The Morgan fingerprint density at radius 1 is 1.15 bits per heavy atom. The van der Waals surface area contributed by atoms with Gasteiger partial charge in [-0.2, -0.15) is 0 Å². The lowest BCUT2D eigenvalue weighted by atomic mass is 10.2. The maximum atomic E-state index is 12.7. The first-order valence-electron chi connectivity index (χ1n) is 6.32. The summed E-state index contributed by atoms with van der Waals surface area (Å²) in [5, 5.41) is -0.102. The average Bonchev–Trinajstić information content (AvgIpc) is 2.45. The Kier molecular flexibility index (Phi) is 6.65. The van der Waals surface area contributed by atoms with Gasteiger partial charge in [-0.15, -0.1) is 0 Å². The molecule has 0 saturated carbocycles. The lowest BCUT2D eigenvalue weighted by Gasteiger charge is -2.18. The van der Waals surface area contributed by atoms with E-state index in [1.165, 1.54) is 13.2 Å². The first-order chi connectivity index (χ1) is 9.57. The van der Waals surface area contributed by atoms with E-state index >= 15 is 0 Å². The molecule has 6 heteroatoms. The van der Waals surface area contributed by atoms with Crippen molar-refractivity contribution in [2.24, 2.45) is 0 Å². The zero-order valence-corrected chi connectivity index (χ0v) is 12.8. The highest BCUT2D eigenvalue weighted by Gasteiger charge is 2.35. The van der Waals surface area contributed by atoms with Crippen molar-refractivity contribution in [3.63, 3.8) is 0 Å². The van der Waals surface area contributed by atoms with E-state index in [2.05, 4.69) is 4.74 Å². The van der Waals surface area contributed by atoms with Crippen molar-refractivity contribution < 1.29 is 23.1 Å². The van der Waals surface area contributed by atoms with E-state index in [0.717, 1.165) is 0 Å². The highest BCUT2D eigenvalue weighted by Crippen LogP contribution is 2.56. The standard InChI is InChI=1S/C14H19O5P/c1-4-18-20(16,19-5-2)13(14(15)17-3)11-12-9-7-6-8-10-12/h6-11H,4-5H2,1-3H3/b13-11+. The third-order valence-corrected chi connectivity index (χ3v) is 4.49. The summed E-state index contributed by atoms with van der Waals surface area (Å²) in [7, 11) is -2.46. The van der Waals surface area contributed by atoms with Crippen LogP contribution in [0.3, 0.4) is 0 Å². The van der Waals surface area contributed by atoms with Crippen LogP contribution in [0, 0.1) is 0 Å². The molecule has 0 aromatic heterocycles. The smallest absolute Gasteiger partial charge is 0.368 e. The number of ether oxygens (including phenoxy) is 1. The van der Waals surface area contributed by atoms with E-state index in [9.17, 15) is 9.36 Å². The maximum Gasteiger partial charge on any atom is 0.368 e. The van der Waals surface area contributed by atoms with Gasteiger partial charge in [0.2, 0.25) is 0 Å². The number of hydrogen-bond donors (Lipinski definition) is 0. The number of benzene rings is 1. The van der Waals surface area contributed by atoms with E-state index in [0.29, 0.717) is 5.56 Å². The number of esters is 1. The van der Waals surface area contributed by atoms with Crippen LogP contribution < -0.4 is 0 Å². The summed E-state index contributed by atoms with van der Waals surface area (Å²) in [6.45, 7) is 3.70. The normalized spacial score (nSPS) is 12.2. The zero-order chi connectivity index (χ0) is 15.0. The van der Waals surface area contributed by atoms with Crippen molar-refractivity contribution in [2.75, 3.05) is 20.3 Å². The van der Waals surface area contributed by atoms with Crippen LogP contribution in [0.2, 0.25) is 0 Å². The van der Waals surface area contributed by atoms with Crippen LogP contribution in [0.15, 0.2) is 35.6 Å². The first-order valence-corrected chi connectivity index (χ1v) is 7.86. The molecule has 20 heavy (non-hydrogen) atoms. The molecular formula is C14H19O5P. The zero-order valence-electron chi connectivity index (χ0n) is 11.9. The van der Waals surface area contributed by atoms with Crippen molar-refractivity contribution in [2.45, 2.75) is 13.8 Å². The third kappa shape index (κ3) is 4.30. The average molecular weight is 298 g/mol. The van der Waals surface area contributed by atoms with E-state index in [4.69, 9.17) is 9.05 Å². The van der Waals surface area contributed by atoms with Crippen molar-refractivity contribution in [1.82, 2.24) is 0 Å². The second-order valence-electron chi connectivity index (χ2n) is 3.76. The van der Waals surface area contributed by atoms with Crippen molar-refractivity contribution >= 4 is 19.6 Å². The van der Waals surface area contributed by atoms with Gasteiger partial charge in [0.25, 0.3) is 0 Å². The molecule has 0 radical (unpaired) electrons. The van der Waals surface area contributed by atoms with Gasteiger partial charge in [-0.05, 0) is 25.5 Å². The minimum absolute atomic E-state index is 0.102. The van der Waals surface area contributed by atoms with Crippen molar-refractivity contribution in [1.29, 1.82) is 0 Å². The molecule has 110 valence electrons. The van der Waals surface area contributed by atoms with Crippen LogP contribution in [0.4, 0.5) is 0 Å². The minimum Gasteiger partial charge on any atom is -0.465 e. The Hall–Kier alpha value is -1.42. The van der Waals surface area contributed by atoms with Gasteiger partial charge >= 0.3 is 13.6 Å². The molecular weight excluding hydrogens is 279 g/mol. The molecule has 1 rings (SSSR count). The fourth-order valence-electron chi connectivity index (χ4n) is 1.58. The Bertz CT molecular complexity index is 500. The minimum atomic E-state index is -3.68. The van der Waals surface area contributed by atoms with E-state index in [-0.39, 0.29) is 18.5 Å². The summed E-state index contributed by atoms with van der Waals surface area (Å²) in [6.07, 6.45) is 1.47. The Morgan fingerprint density at radius 3 is 2.15 bits per heavy atom. The Morgan fingerprint density at radius 2 is 1.70 bits per heavy atom. The summed E-state index contributed by atoms with van der Waals surface area (Å²) >= 11 is 0. The van der Waals surface area contributed by atoms with Gasteiger partial charge < -0.3 is 13.8 Å². The van der Waals surface area contributed by atoms with E-state index in [1.807, 2.05) is 18.2 Å². The Labute approximate surface area is 119 Å². The fraction of sp³-hybridized carbons (Fsp3) is 0.357. The topological polar surface area (TPSA) is 61.8 Å². The monoisotopic (exact) mass is 298 g/mol. The van der Waals surface area contributed by atoms with Gasteiger partial charge in [0, 0.05) is 0 Å². The van der Waals surface area contributed by atoms with E-state index in [1.54, 1.807) is 26.0 Å². The molecule has 5 nitrogen and oxygen atoms in total. The molecule has 0 N–H and O–H groups in total. The van der Waals surface area contributed by atoms with Gasteiger partial charge in [0.15, 0.2) is 0 Å². The molecule has 0 fully saturated rings. The molecule has 0 spiro atoms. The van der Waals surface area contributed by atoms with Gasteiger partial charge in [0.1, 0.15) is 5.31 Å². The second-order valence-corrected chi connectivity index (χ2v) is 5.76. The summed E-state index contributed by atoms with van der Waals surface area (Å²) in [6, 6.07) is 9.04. The quantitative estimate of drug-likeness (QED) is 0.438. The predicted octanol–water partition coefficient (Wildman–Crippen LogP) is 3.47. The van der Waals surface area contributed by atoms with E-state index < -0.39 is 13.6 Å². The predicted molar refractivity (Wildman–Crippen MR) is 77.3 cm³/mol. The molecule has 0 saturated heterocycles. The van der Waals surface area contributed by atoms with Crippen LogP contribution in [-0.2, 0) is 23.1 Å². The molecule has 1 aromatic rings. The Balaban J connectivity index is 3.27. The fourth-order valence-corrected chi connectivity index (χ4v) is 3.23. The molecule has 0 unspecified atom stereocenters. The highest BCUT2D eigenvalue weighted by atomic mass is 31.2. The number of carbonyl (C=O) groups is 1. The number of rotatable bonds is 7. The molecule has 1 aromatic carbocycles. The van der Waals surface area contributed by atoms with Crippen LogP contribution in [-0.4, -0.2) is 26.3 Å². The molecule has 0 atom stereocenters. The van der Waals surface area contributed by atoms with Crippen LogP contribution in [0.25, 0.3) is 6.08 Å². The van der Waals surface area contributed by atoms with Gasteiger partial charge in [0.05, 0.1) is 20.3 Å². The molecule has 0 aliphatic heterocycles. The maximum absolute atomic E-state index is 12.7. The van der Waals surface area contributed by atoms with Gasteiger partial charge in [-0.3, -0.25) is 4.57 Å². The van der Waals surface area contributed by atoms with Gasteiger partial charge in [-0.1, -0.05) is 30.3 Å². The van der Waals surface area contributed by atoms with Crippen molar-refractivity contribution in [3.05, 3.63) is 41.2 Å². The van der Waals surface area contributed by atoms with Gasteiger partial charge in [-0.25, -0.2) is 4.79 Å². The molecule has 0 bridgehead atoms. The largest absolute Gasteiger partial charge is 0.465 e. The van der Waals surface area contributed by atoms with Crippen LogP contribution >= 0.6 is 7.60 Å². The first kappa shape index (κ1) is 16.6. The SMILES string of the molecule is CCOP(=O)(OCC)/C(=C/c1ccccc1)C(=O)OC. The van der Waals surface area contributed by atoms with Crippen LogP contribution in [0.5, 0.6) is 0 Å². The summed E-state index contributed by atoms with van der Waals surface area (Å²) in [4.78, 5) is 11.9. The summed E-state index contributed by atoms with van der Waals surface area (Å²) < 4.78 is 27.8. The third-order valence-electron chi connectivity index (χ3n) is 2.39. The summed E-state index contributed by atoms with van der Waals surface area (Å²) in [5.41, 5.74) is 0.715. The van der Waals surface area contributed by atoms with Crippen molar-refractivity contribution in [3.8, 4) is 0 Å². The highest BCUT2D eigenvalue weighted by molar-refractivity contribution is 7.60. The number of methoxy groups -OCH3 is 1. The molecule has 0 aliphatic rings. The molecule has 0 amide bonds. The van der Waals surface area contributed by atoms with Crippen LogP contribution in [0.1, 0.15) is 19.4 Å². The molecule has 0 aliphatic carbocycles. The lowest BCUT2D eigenvalue weighted by Crippen LogP contribution is -2.09. The number of hydrogen-bond acceptors (Lipinski definition) is 5. The lowest BCUT2D eigenvalue weighted by molar-refractivity contribution is -0.135. The number of carbonyl (C=O) groups excluding carboxylic acids is 1.